The van der Waals surface area contributed by atoms with E-state index in [4.69, 9.17) is 12.2 Å². The van der Waals surface area contributed by atoms with Crippen molar-refractivity contribution in [3.63, 3.8) is 0 Å². The van der Waals surface area contributed by atoms with Crippen LogP contribution in [-0.2, 0) is 4.79 Å². The summed E-state index contributed by atoms with van der Waals surface area (Å²) in [5.74, 6) is 0.477. The lowest BCUT2D eigenvalue weighted by molar-refractivity contribution is -0.110. The lowest BCUT2D eigenvalue weighted by atomic mass is 10.1. The second-order valence-electron chi connectivity index (χ2n) is 5.02. The molecule has 0 fully saturated rings. The molecule has 2 aromatic carbocycles. The molecular weight excluding hydrogens is 310 g/mol. The average molecular weight is 321 g/mol. The van der Waals surface area contributed by atoms with Gasteiger partial charge in [-0.25, -0.2) is 4.99 Å². The van der Waals surface area contributed by atoms with Crippen LogP contribution in [0.1, 0.15) is 5.56 Å². The van der Waals surface area contributed by atoms with Gasteiger partial charge in [0.05, 0.1) is 11.4 Å². The van der Waals surface area contributed by atoms with Crippen LogP contribution in [0, 0.1) is 4.77 Å². The number of para-hydroxylation sites is 1. The monoisotopic (exact) mass is 321 g/mol. The van der Waals surface area contributed by atoms with Crippen LogP contribution >= 0.6 is 12.2 Å². The Bertz CT molecular complexity index is 984. The molecule has 23 heavy (non-hydrogen) atoms. The Balaban J connectivity index is 1.69. The lowest BCUT2D eigenvalue weighted by Gasteiger charge is -2.00. The number of aromatic nitrogens is 3. The number of fused-ring (bicyclic) bond motifs is 1. The normalized spacial score (nSPS) is 14.8. The van der Waals surface area contributed by atoms with Crippen molar-refractivity contribution in [3.8, 4) is 11.4 Å². The van der Waals surface area contributed by atoms with Crippen LogP contribution in [0.25, 0.3) is 11.4 Å². The maximum absolute atomic E-state index is 12.1. The maximum atomic E-state index is 12.1. The van der Waals surface area contributed by atoms with Crippen molar-refractivity contribution in [2.24, 2.45) is 4.99 Å². The Hall–Kier alpha value is -3.06. The number of carbonyl (C=O) groups is 1. The topological polar surface area (TPSA) is 85.9 Å². The molecule has 0 radical (unpaired) electrons. The number of anilines is 1. The highest BCUT2D eigenvalue weighted by Gasteiger charge is 2.25. The number of H-pyrrole nitrogens is 2. The fourth-order valence-electron chi connectivity index (χ4n) is 2.44. The van der Waals surface area contributed by atoms with Gasteiger partial charge in [-0.1, -0.05) is 18.2 Å². The molecule has 1 aliphatic heterocycles. The van der Waals surface area contributed by atoms with Gasteiger partial charge in [-0.3, -0.25) is 15.0 Å². The van der Waals surface area contributed by atoms with Gasteiger partial charge in [-0.05, 0) is 42.5 Å². The van der Waals surface area contributed by atoms with Crippen LogP contribution in [0.5, 0.6) is 0 Å². The number of rotatable bonds is 2. The summed E-state index contributed by atoms with van der Waals surface area (Å²) in [6.07, 6.45) is 0. The number of nitrogens with one attached hydrogen (secondary N) is 3. The van der Waals surface area contributed by atoms with Gasteiger partial charge in [0.1, 0.15) is 5.71 Å². The smallest absolute Gasteiger partial charge is 0.275 e. The predicted octanol–water partition coefficient (Wildman–Crippen LogP) is 3.21. The Labute approximate surface area is 136 Å². The number of carbonyl (C=O) groups excluding carboxylic acids is 1. The molecule has 4 rings (SSSR count). The van der Waals surface area contributed by atoms with Crippen molar-refractivity contribution in [2.45, 2.75) is 0 Å². The Morgan fingerprint density at radius 3 is 2.52 bits per heavy atom. The standard InChI is InChI=1S/C16H11N5OS/c22-15-13(11-3-1-2-4-12(11)18-15)17-10-7-5-9(6-8-10)14-19-16(23)21-20-14/h1-8H,(H,17,18,22)(H2,19,20,21,23). The zero-order chi connectivity index (χ0) is 15.8. The quantitative estimate of drug-likeness (QED) is 0.634. The minimum Gasteiger partial charge on any atom is -0.320 e. The van der Waals surface area contributed by atoms with E-state index in [0.717, 1.165) is 16.8 Å². The second kappa shape index (κ2) is 5.29. The molecule has 3 N–H and O–H groups in total. The molecule has 2 heterocycles. The highest BCUT2D eigenvalue weighted by molar-refractivity contribution is 7.71. The summed E-state index contributed by atoms with van der Waals surface area (Å²) in [5, 5.41) is 8.46. The predicted molar refractivity (Wildman–Crippen MR) is 90.5 cm³/mol. The summed E-state index contributed by atoms with van der Waals surface area (Å²) in [7, 11) is 0. The van der Waals surface area contributed by atoms with E-state index < -0.39 is 0 Å². The zero-order valence-corrected chi connectivity index (χ0v) is 12.6. The van der Waals surface area contributed by atoms with Gasteiger partial charge < -0.3 is 5.32 Å². The number of aromatic amines is 2. The summed E-state index contributed by atoms with van der Waals surface area (Å²) in [4.78, 5) is 20.7. The third kappa shape index (κ3) is 2.47. The van der Waals surface area contributed by atoms with Crippen LogP contribution in [-0.4, -0.2) is 26.8 Å². The molecule has 0 saturated carbocycles. The van der Waals surface area contributed by atoms with Gasteiger partial charge in [0.2, 0.25) is 4.77 Å². The molecular formula is C16H11N5OS. The van der Waals surface area contributed by atoms with E-state index in [1.807, 2.05) is 48.5 Å². The van der Waals surface area contributed by atoms with Crippen molar-refractivity contribution in [1.29, 1.82) is 0 Å². The van der Waals surface area contributed by atoms with E-state index in [1.165, 1.54) is 0 Å². The van der Waals surface area contributed by atoms with Crippen LogP contribution in [0.2, 0.25) is 0 Å². The largest absolute Gasteiger partial charge is 0.320 e. The van der Waals surface area contributed by atoms with Crippen molar-refractivity contribution < 1.29 is 4.79 Å². The third-order valence-electron chi connectivity index (χ3n) is 3.53. The van der Waals surface area contributed by atoms with Gasteiger partial charge in [0.15, 0.2) is 5.82 Å². The molecule has 0 atom stereocenters. The highest BCUT2D eigenvalue weighted by Crippen LogP contribution is 2.26. The lowest BCUT2D eigenvalue weighted by Crippen LogP contribution is -2.13. The van der Waals surface area contributed by atoms with Crippen molar-refractivity contribution in [1.82, 2.24) is 15.2 Å². The first-order valence-corrected chi connectivity index (χ1v) is 7.36. The number of aliphatic imine (C=N–C) groups is 1. The SMILES string of the molecule is O=C1Nc2ccccc2C1=Nc1ccc(-c2nc(=S)[nH][nH]2)cc1. The van der Waals surface area contributed by atoms with Crippen molar-refractivity contribution in [3.05, 3.63) is 58.9 Å². The van der Waals surface area contributed by atoms with Crippen LogP contribution in [0.15, 0.2) is 53.5 Å². The fraction of sp³-hybridized carbons (Fsp3) is 0. The van der Waals surface area contributed by atoms with Gasteiger partial charge in [0, 0.05) is 11.1 Å². The van der Waals surface area contributed by atoms with E-state index in [-0.39, 0.29) is 5.91 Å². The molecule has 0 unspecified atom stereocenters. The van der Waals surface area contributed by atoms with Gasteiger partial charge in [0.25, 0.3) is 5.91 Å². The molecule has 0 aliphatic carbocycles. The molecule has 1 aliphatic rings. The molecule has 1 amide bonds. The van der Waals surface area contributed by atoms with Crippen LogP contribution in [0.3, 0.4) is 0 Å². The first-order chi connectivity index (χ1) is 11.2. The number of nitrogens with zero attached hydrogens (tertiary/aromatic N) is 2. The van der Waals surface area contributed by atoms with E-state index in [9.17, 15) is 4.79 Å². The van der Waals surface area contributed by atoms with Crippen molar-refractivity contribution in [2.75, 3.05) is 5.32 Å². The molecule has 3 aromatic rings. The summed E-state index contributed by atoms with van der Waals surface area (Å²) in [6, 6.07) is 14.9. The van der Waals surface area contributed by atoms with Crippen LogP contribution in [0.4, 0.5) is 11.4 Å². The maximum Gasteiger partial charge on any atom is 0.275 e. The number of amides is 1. The fourth-order valence-corrected chi connectivity index (χ4v) is 2.59. The minimum absolute atomic E-state index is 0.188. The van der Waals surface area contributed by atoms with E-state index in [0.29, 0.717) is 22.0 Å². The van der Waals surface area contributed by atoms with E-state index >= 15 is 0 Å². The first kappa shape index (κ1) is 13.6. The molecule has 0 bridgehead atoms. The van der Waals surface area contributed by atoms with E-state index in [1.54, 1.807) is 0 Å². The average Bonchev–Trinajstić information content (AvgIpc) is 3.12. The molecule has 0 saturated heterocycles. The minimum atomic E-state index is -0.188. The number of benzene rings is 2. The zero-order valence-electron chi connectivity index (χ0n) is 11.8. The van der Waals surface area contributed by atoms with Crippen LogP contribution < -0.4 is 5.32 Å². The molecule has 0 spiro atoms. The number of hydrogen-bond acceptors (Lipinski definition) is 4. The second-order valence-corrected chi connectivity index (χ2v) is 5.41. The molecule has 112 valence electrons. The van der Waals surface area contributed by atoms with Crippen molar-refractivity contribution >= 4 is 35.2 Å². The Kier molecular flexibility index (Phi) is 3.13. The van der Waals surface area contributed by atoms with Gasteiger partial charge in [-0.15, -0.1) is 0 Å². The molecule has 7 heteroatoms. The molecule has 6 nitrogen and oxygen atoms in total. The summed E-state index contributed by atoms with van der Waals surface area (Å²) in [6.45, 7) is 0. The number of hydrogen-bond donors (Lipinski definition) is 3. The van der Waals surface area contributed by atoms with E-state index in [2.05, 4.69) is 25.5 Å². The summed E-state index contributed by atoms with van der Waals surface area (Å²) in [5.41, 5.74) is 3.62. The first-order valence-electron chi connectivity index (χ1n) is 6.95. The summed E-state index contributed by atoms with van der Waals surface area (Å²) >= 11 is 4.94. The Morgan fingerprint density at radius 1 is 1.00 bits per heavy atom. The highest BCUT2D eigenvalue weighted by atomic mass is 32.1. The summed E-state index contributed by atoms with van der Waals surface area (Å²) < 4.78 is 0.406. The van der Waals surface area contributed by atoms with Gasteiger partial charge >= 0.3 is 0 Å². The Morgan fingerprint density at radius 2 is 1.78 bits per heavy atom. The molecule has 1 aromatic heterocycles. The third-order valence-corrected chi connectivity index (χ3v) is 3.72. The van der Waals surface area contributed by atoms with Gasteiger partial charge in [-0.2, -0.15) is 4.98 Å².